The van der Waals surface area contributed by atoms with Crippen molar-refractivity contribution < 1.29 is 33.4 Å². The maximum Gasteiger partial charge on any atom is 0.326 e. The molecule has 0 fully saturated rings. The smallest absolute Gasteiger partial charge is 0.326 e. The number of aliphatic carboxylic acids is 2. The first-order valence-corrected chi connectivity index (χ1v) is 5.26. The average Bonchev–Trinajstić information content (AvgIpc) is 2.32. The van der Waals surface area contributed by atoms with Gasteiger partial charge in [-0.2, -0.15) is 0 Å². The van der Waals surface area contributed by atoms with Crippen LogP contribution < -0.4 is 10.6 Å². The fraction of sp³-hybridized carbons (Fsp3) is 0.182. The van der Waals surface area contributed by atoms with E-state index in [0.29, 0.717) is 6.07 Å². The third-order valence-corrected chi connectivity index (χ3v) is 2.16. The summed E-state index contributed by atoms with van der Waals surface area (Å²) < 4.78 is 25.5. The minimum atomic E-state index is -1.64. The molecule has 7 nitrogen and oxygen atoms in total. The minimum Gasteiger partial charge on any atom is -0.481 e. The van der Waals surface area contributed by atoms with Crippen molar-refractivity contribution in [3.05, 3.63) is 29.8 Å². The van der Waals surface area contributed by atoms with Crippen LogP contribution in [0.3, 0.4) is 0 Å². The molecule has 108 valence electrons. The number of anilines is 1. The first-order chi connectivity index (χ1) is 9.29. The molecule has 0 spiro atoms. The molecule has 0 aliphatic heterocycles. The van der Waals surface area contributed by atoms with Crippen LogP contribution in [0.1, 0.15) is 6.42 Å². The summed E-state index contributed by atoms with van der Waals surface area (Å²) in [6.45, 7) is 0. The molecule has 1 atom stereocenters. The Morgan fingerprint density at radius 3 is 2.30 bits per heavy atom. The second-order valence-corrected chi connectivity index (χ2v) is 3.72. The van der Waals surface area contributed by atoms with E-state index in [0.717, 1.165) is 12.1 Å². The Hall–Kier alpha value is -2.71. The van der Waals surface area contributed by atoms with Gasteiger partial charge < -0.3 is 20.8 Å². The topological polar surface area (TPSA) is 116 Å². The van der Waals surface area contributed by atoms with Crippen molar-refractivity contribution in [3.8, 4) is 0 Å². The lowest BCUT2D eigenvalue weighted by atomic mass is 10.2. The normalized spacial score (nSPS) is 11.5. The first-order valence-electron chi connectivity index (χ1n) is 5.26. The second-order valence-electron chi connectivity index (χ2n) is 3.72. The second kappa shape index (κ2) is 6.45. The van der Waals surface area contributed by atoms with Gasteiger partial charge >= 0.3 is 18.0 Å². The van der Waals surface area contributed by atoms with Crippen LogP contribution in [-0.4, -0.2) is 34.2 Å². The third-order valence-electron chi connectivity index (χ3n) is 2.16. The maximum atomic E-state index is 12.9. The van der Waals surface area contributed by atoms with Gasteiger partial charge in [-0.15, -0.1) is 0 Å². The number of carbonyl (C=O) groups is 3. The van der Waals surface area contributed by atoms with E-state index in [9.17, 15) is 23.2 Å². The number of urea groups is 1. The Kier molecular flexibility index (Phi) is 4.95. The zero-order valence-corrected chi connectivity index (χ0v) is 9.89. The van der Waals surface area contributed by atoms with Gasteiger partial charge in [0.1, 0.15) is 6.04 Å². The highest BCUT2D eigenvalue weighted by molar-refractivity contribution is 5.93. The number of benzene rings is 1. The quantitative estimate of drug-likeness (QED) is 0.645. The number of carboxylic acids is 2. The predicted molar refractivity (Wildman–Crippen MR) is 62.2 cm³/mol. The molecule has 0 unspecified atom stereocenters. The lowest BCUT2D eigenvalue weighted by molar-refractivity contribution is -0.145. The van der Waals surface area contributed by atoms with Crippen LogP contribution >= 0.6 is 0 Å². The van der Waals surface area contributed by atoms with Gasteiger partial charge in [0, 0.05) is 11.8 Å². The van der Waals surface area contributed by atoms with Crippen molar-refractivity contribution >= 4 is 23.7 Å². The Morgan fingerprint density at radius 2 is 1.80 bits per heavy atom. The average molecular weight is 288 g/mol. The zero-order valence-electron chi connectivity index (χ0n) is 9.89. The molecule has 0 aliphatic rings. The van der Waals surface area contributed by atoms with E-state index in [1.165, 1.54) is 0 Å². The Labute approximate surface area is 111 Å². The molecule has 1 rings (SSSR count). The lowest BCUT2D eigenvalue weighted by Gasteiger charge is -2.13. The molecule has 1 aromatic carbocycles. The van der Waals surface area contributed by atoms with Crippen LogP contribution in [0.2, 0.25) is 0 Å². The number of hydrogen-bond acceptors (Lipinski definition) is 3. The molecule has 0 saturated carbocycles. The molecule has 9 heteroatoms. The van der Waals surface area contributed by atoms with Gasteiger partial charge in [0.2, 0.25) is 0 Å². The molecule has 2 amide bonds. The number of carbonyl (C=O) groups excluding carboxylic acids is 1. The maximum absolute atomic E-state index is 12.9. The highest BCUT2D eigenvalue weighted by atomic mass is 19.2. The standard InChI is InChI=1S/C11H10F2N2O5/c12-6-2-1-5(3-7(6)13)14-11(20)15-8(10(18)19)4-9(16)17/h1-3,8H,4H2,(H,16,17)(H,18,19)(H2,14,15,20)/t8-/m1/s1. The van der Waals surface area contributed by atoms with Gasteiger partial charge in [0.05, 0.1) is 6.42 Å². The number of rotatable bonds is 5. The molecular formula is C11H10F2N2O5. The van der Waals surface area contributed by atoms with Crippen LogP contribution in [0.15, 0.2) is 18.2 Å². The van der Waals surface area contributed by atoms with Gasteiger partial charge in [-0.05, 0) is 12.1 Å². The van der Waals surface area contributed by atoms with E-state index < -0.39 is 42.1 Å². The number of hydrogen-bond donors (Lipinski definition) is 4. The summed E-state index contributed by atoms with van der Waals surface area (Å²) in [4.78, 5) is 32.5. The summed E-state index contributed by atoms with van der Waals surface area (Å²) in [6, 6.07) is -0.161. The largest absolute Gasteiger partial charge is 0.481 e. The number of nitrogens with one attached hydrogen (secondary N) is 2. The number of carboxylic acid groups (broad SMARTS) is 2. The molecular weight excluding hydrogens is 278 g/mol. The monoisotopic (exact) mass is 288 g/mol. The van der Waals surface area contributed by atoms with Crippen molar-refractivity contribution in [2.45, 2.75) is 12.5 Å². The van der Waals surface area contributed by atoms with Gasteiger partial charge in [-0.25, -0.2) is 18.4 Å². The summed E-state index contributed by atoms with van der Waals surface area (Å²) in [6.07, 6.45) is -0.819. The molecule has 0 bridgehead atoms. The molecule has 0 radical (unpaired) electrons. The van der Waals surface area contributed by atoms with E-state index in [1.807, 2.05) is 5.32 Å². The zero-order chi connectivity index (χ0) is 15.3. The van der Waals surface area contributed by atoms with Crippen LogP contribution in [0.5, 0.6) is 0 Å². The number of amides is 2. The molecule has 20 heavy (non-hydrogen) atoms. The highest BCUT2D eigenvalue weighted by Gasteiger charge is 2.23. The van der Waals surface area contributed by atoms with E-state index in [-0.39, 0.29) is 5.69 Å². The van der Waals surface area contributed by atoms with Gasteiger partial charge in [-0.1, -0.05) is 0 Å². The lowest BCUT2D eigenvalue weighted by Crippen LogP contribution is -2.44. The van der Waals surface area contributed by atoms with E-state index in [1.54, 1.807) is 0 Å². The van der Waals surface area contributed by atoms with Crippen LogP contribution in [0.4, 0.5) is 19.3 Å². The van der Waals surface area contributed by atoms with Gasteiger partial charge in [0.25, 0.3) is 0 Å². The summed E-state index contributed by atoms with van der Waals surface area (Å²) >= 11 is 0. The molecule has 1 aromatic rings. The van der Waals surface area contributed by atoms with Crippen LogP contribution in [0, 0.1) is 11.6 Å². The molecule has 4 N–H and O–H groups in total. The van der Waals surface area contributed by atoms with E-state index >= 15 is 0 Å². The van der Waals surface area contributed by atoms with Crippen LogP contribution in [0.25, 0.3) is 0 Å². The first kappa shape index (κ1) is 15.3. The molecule has 0 heterocycles. The fourth-order valence-electron chi connectivity index (χ4n) is 1.27. The summed E-state index contributed by atoms with van der Waals surface area (Å²) in [5.41, 5.74) is -0.110. The van der Waals surface area contributed by atoms with Crippen molar-refractivity contribution in [1.82, 2.24) is 5.32 Å². The molecule has 0 saturated heterocycles. The summed E-state index contributed by atoms with van der Waals surface area (Å²) in [5.74, 6) is -5.24. The Bertz CT molecular complexity index is 550. The molecule has 0 aliphatic carbocycles. The van der Waals surface area contributed by atoms with Crippen molar-refractivity contribution in [2.75, 3.05) is 5.32 Å². The predicted octanol–water partition coefficient (Wildman–Crippen LogP) is 1.01. The van der Waals surface area contributed by atoms with Crippen molar-refractivity contribution in [3.63, 3.8) is 0 Å². The van der Waals surface area contributed by atoms with Gasteiger partial charge in [0.15, 0.2) is 11.6 Å². The Morgan fingerprint density at radius 1 is 1.15 bits per heavy atom. The van der Waals surface area contributed by atoms with E-state index in [4.69, 9.17) is 10.2 Å². The highest BCUT2D eigenvalue weighted by Crippen LogP contribution is 2.12. The van der Waals surface area contributed by atoms with Crippen LogP contribution in [-0.2, 0) is 9.59 Å². The third kappa shape index (κ3) is 4.52. The minimum absolute atomic E-state index is 0.110. The SMILES string of the molecule is O=C(O)C[C@@H](NC(=O)Nc1ccc(F)c(F)c1)C(=O)O. The summed E-state index contributed by atoms with van der Waals surface area (Å²) in [7, 11) is 0. The molecule has 0 aromatic heterocycles. The van der Waals surface area contributed by atoms with Crippen molar-refractivity contribution in [2.24, 2.45) is 0 Å². The van der Waals surface area contributed by atoms with Gasteiger partial charge in [-0.3, -0.25) is 4.79 Å². The van der Waals surface area contributed by atoms with E-state index in [2.05, 4.69) is 5.32 Å². The fourth-order valence-corrected chi connectivity index (χ4v) is 1.27. The van der Waals surface area contributed by atoms with Crippen molar-refractivity contribution in [1.29, 1.82) is 0 Å². The number of halogens is 2. The summed E-state index contributed by atoms with van der Waals surface area (Å²) in [5, 5.41) is 21.1. The Balaban J connectivity index is 2.67.